The van der Waals surface area contributed by atoms with Gasteiger partial charge < -0.3 is 9.84 Å². The molecule has 2 N–H and O–H groups in total. The van der Waals surface area contributed by atoms with Crippen molar-refractivity contribution in [1.82, 2.24) is 0 Å². The summed E-state index contributed by atoms with van der Waals surface area (Å²) in [6.45, 7) is 2.16. The largest absolute Gasteiger partial charge is 0.504 e. The Morgan fingerprint density at radius 3 is 2.27 bits per heavy atom. The Kier molecular flexibility index (Phi) is 7.48. The van der Waals surface area contributed by atoms with E-state index in [-0.39, 0.29) is 16.4 Å². The fourth-order valence-corrected chi connectivity index (χ4v) is 3.35. The van der Waals surface area contributed by atoms with E-state index in [2.05, 4.69) is 6.92 Å². The first-order valence-electron chi connectivity index (χ1n) is 8.98. The van der Waals surface area contributed by atoms with Gasteiger partial charge in [0.05, 0.1) is 4.90 Å². The Labute approximate surface area is 155 Å². The van der Waals surface area contributed by atoms with Crippen molar-refractivity contribution in [3.8, 4) is 17.2 Å². The molecule has 2 aromatic carbocycles. The molecule has 0 saturated carbocycles. The van der Waals surface area contributed by atoms with Crippen LogP contribution in [0.25, 0.3) is 0 Å². The molecule has 0 aliphatic rings. The zero-order valence-electron chi connectivity index (χ0n) is 15.0. The van der Waals surface area contributed by atoms with Crippen molar-refractivity contribution in [1.29, 1.82) is 0 Å². The van der Waals surface area contributed by atoms with Crippen LogP contribution in [0.1, 0.15) is 51.0 Å². The minimum absolute atomic E-state index is 0.233. The lowest BCUT2D eigenvalue weighted by molar-refractivity contribution is 0.404. The number of phenolic OH excluding ortho intramolecular Hbond substituents is 1. The number of benzene rings is 2. The third kappa shape index (κ3) is 6.04. The van der Waals surface area contributed by atoms with Gasteiger partial charge in [0.15, 0.2) is 11.5 Å². The molecule has 0 saturated heterocycles. The predicted molar refractivity (Wildman–Crippen MR) is 102 cm³/mol. The number of hydrogen-bond donors (Lipinski definition) is 2. The van der Waals surface area contributed by atoms with Crippen LogP contribution in [0, 0.1) is 0 Å². The Bertz CT molecular complexity index is 800. The summed E-state index contributed by atoms with van der Waals surface area (Å²) in [7, 11) is -4.40. The maximum atomic E-state index is 11.5. The number of hydrogen-bond acceptors (Lipinski definition) is 4. The molecule has 0 aromatic heterocycles. The topological polar surface area (TPSA) is 83.8 Å². The standard InChI is InChI=1S/C20H26O5S/c1-2-3-4-5-6-8-11-16-14-18(26(22,23)24)15-19(21)20(16)25-17-12-9-7-10-13-17/h7,9-10,12-15,21H,2-6,8,11H2,1H3,(H,22,23,24). The Balaban J connectivity index is 2.21. The van der Waals surface area contributed by atoms with E-state index in [4.69, 9.17) is 4.74 Å². The van der Waals surface area contributed by atoms with E-state index >= 15 is 0 Å². The molecule has 0 radical (unpaired) electrons. The van der Waals surface area contributed by atoms with Gasteiger partial charge in [0.25, 0.3) is 10.1 Å². The second kappa shape index (κ2) is 9.59. The first-order chi connectivity index (χ1) is 12.4. The number of rotatable bonds is 10. The van der Waals surface area contributed by atoms with E-state index in [1.54, 1.807) is 12.1 Å². The third-order valence-electron chi connectivity index (χ3n) is 4.18. The van der Waals surface area contributed by atoms with Gasteiger partial charge in [0, 0.05) is 11.6 Å². The summed E-state index contributed by atoms with van der Waals surface area (Å²) >= 11 is 0. The Morgan fingerprint density at radius 2 is 1.62 bits per heavy atom. The molecule has 142 valence electrons. The fraction of sp³-hybridized carbons (Fsp3) is 0.400. The summed E-state index contributed by atoms with van der Waals surface area (Å²) in [5.41, 5.74) is 0.567. The highest BCUT2D eigenvalue weighted by atomic mass is 32.2. The number of unbranched alkanes of at least 4 members (excludes halogenated alkanes) is 5. The van der Waals surface area contributed by atoms with E-state index in [0.717, 1.165) is 25.3 Å². The Morgan fingerprint density at radius 1 is 0.962 bits per heavy atom. The summed E-state index contributed by atoms with van der Waals surface area (Å²) in [6, 6.07) is 11.4. The highest BCUT2D eigenvalue weighted by Gasteiger charge is 2.18. The molecule has 26 heavy (non-hydrogen) atoms. The zero-order chi connectivity index (χ0) is 19.0. The monoisotopic (exact) mass is 378 g/mol. The third-order valence-corrected chi connectivity index (χ3v) is 5.01. The summed E-state index contributed by atoms with van der Waals surface area (Å²) in [4.78, 5) is -0.323. The molecule has 0 spiro atoms. The highest BCUT2D eigenvalue weighted by Crippen LogP contribution is 2.37. The highest BCUT2D eigenvalue weighted by molar-refractivity contribution is 7.85. The smallest absolute Gasteiger partial charge is 0.294 e. The summed E-state index contributed by atoms with van der Waals surface area (Å²) in [5.74, 6) is 0.480. The van der Waals surface area contributed by atoms with Crippen molar-refractivity contribution >= 4 is 10.1 Å². The van der Waals surface area contributed by atoms with Gasteiger partial charge in [0.2, 0.25) is 0 Å². The maximum Gasteiger partial charge on any atom is 0.294 e. The lowest BCUT2D eigenvalue weighted by Crippen LogP contribution is -2.01. The first-order valence-corrected chi connectivity index (χ1v) is 10.4. The Hall–Kier alpha value is -2.05. The van der Waals surface area contributed by atoms with E-state index in [0.29, 0.717) is 17.7 Å². The molecule has 2 aromatic rings. The molecule has 0 fully saturated rings. The molecule has 0 bridgehead atoms. The molecule has 0 aliphatic carbocycles. The SMILES string of the molecule is CCCCCCCCc1cc(S(=O)(=O)O)cc(O)c1Oc1ccccc1. The molecule has 5 nitrogen and oxygen atoms in total. The van der Waals surface area contributed by atoms with Gasteiger partial charge in [-0.05, 0) is 31.0 Å². The lowest BCUT2D eigenvalue weighted by atomic mass is 10.0. The van der Waals surface area contributed by atoms with Crippen LogP contribution in [0.3, 0.4) is 0 Å². The molecule has 0 heterocycles. The average Bonchev–Trinajstić information content (AvgIpc) is 2.60. The second-order valence-corrected chi connectivity index (χ2v) is 7.76. The van der Waals surface area contributed by atoms with Crippen molar-refractivity contribution in [2.24, 2.45) is 0 Å². The average molecular weight is 378 g/mol. The predicted octanol–water partition coefficient (Wildman–Crippen LogP) is 5.33. The summed E-state index contributed by atoms with van der Waals surface area (Å²) in [6.07, 6.45) is 7.11. The van der Waals surface area contributed by atoms with E-state index in [1.807, 2.05) is 18.2 Å². The number of para-hydroxylation sites is 1. The van der Waals surface area contributed by atoms with Crippen LogP contribution in [-0.2, 0) is 16.5 Å². The lowest BCUT2D eigenvalue weighted by Gasteiger charge is -2.14. The summed E-state index contributed by atoms with van der Waals surface area (Å²) in [5, 5.41) is 10.3. The molecule has 0 aliphatic heterocycles. The van der Waals surface area contributed by atoms with Crippen molar-refractivity contribution in [2.75, 3.05) is 0 Å². The van der Waals surface area contributed by atoms with Crippen LogP contribution in [-0.4, -0.2) is 18.1 Å². The van der Waals surface area contributed by atoms with Crippen LogP contribution >= 0.6 is 0 Å². The number of aromatic hydroxyl groups is 1. The molecular formula is C20H26O5S. The van der Waals surface area contributed by atoms with Crippen LogP contribution in [0.5, 0.6) is 17.2 Å². The minimum atomic E-state index is -4.40. The molecule has 0 amide bonds. The van der Waals surface area contributed by atoms with Crippen molar-refractivity contribution in [3.63, 3.8) is 0 Å². The van der Waals surface area contributed by atoms with Gasteiger partial charge in [-0.1, -0.05) is 57.2 Å². The van der Waals surface area contributed by atoms with Crippen LogP contribution in [0.2, 0.25) is 0 Å². The van der Waals surface area contributed by atoms with Crippen molar-refractivity contribution < 1.29 is 22.8 Å². The van der Waals surface area contributed by atoms with Crippen molar-refractivity contribution in [2.45, 2.75) is 56.8 Å². The summed E-state index contributed by atoms with van der Waals surface area (Å²) < 4.78 is 38.0. The van der Waals surface area contributed by atoms with Crippen LogP contribution in [0.4, 0.5) is 0 Å². The van der Waals surface area contributed by atoms with Gasteiger partial charge in [-0.15, -0.1) is 0 Å². The van der Waals surface area contributed by atoms with E-state index < -0.39 is 10.1 Å². The maximum absolute atomic E-state index is 11.5. The van der Waals surface area contributed by atoms with E-state index in [9.17, 15) is 18.1 Å². The molecular weight excluding hydrogens is 352 g/mol. The number of ether oxygens (including phenoxy) is 1. The fourth-order valence-electron chi connectivity index (χ4n) is 2.80. The van der Waals surface area contributed by atoms with Crippen molar-refractivity contribution in [3.05, 3.63) is 48.0 Å². The van der Waals surface area contributed by atoms with Gasteiger partial charge >= 0.3 is 0 Å². The molecule has 2 rings (SSSR count). The van der Waals surface area contributed by atoms with Gasteiger partial charge in [-0.25, -0.2) is 0 Å². The number of aryl methyl sites for hydroxylation is 1. The molecule has 0 atom stereocenters. The van der Waals surface area contributed by atoms with Gasteiger partial charge in [-0.2, -0.15) is 8.42 Å². The van der Waals surface area contributed by atoms with Crippen LogP contribution < -0.4 is 4.74 Å². The quantitative estimate of drug-likeness (QED) is 0.431. The first kappa shape index (κ1) is 20.3. The zero-order valence-corrected chi connectivity index (χ0v) is 15.8. The van der Waals surface area contributed by atoms with E-state index in [1.165, 1.54) is 25.3 Å². The normalized spacial score (nSPS) is 11.5. The molecule has 6 heteroatoms. The van der Waals surface area contributed by atoms with Gasteiger partial charge in [-0.3, -0.25) is 4.55 Å². The minimum Gasteiger partial charge on any atom is -0.504 e. The number of phenols is 1. The van der Waals surface area contributed by atoms with Gasteiger partial charge in [0.1, 0.15) is 5.75 Å². The second-order valence-electron chi connectivity index (χ2n) is 6.34. The molecule has 0 unspecified atom stereocenters. The van der Waals surface area contributed by atoms with Crippen LogP contribution in [0.15, 0.2) is 47.4 Å².